The molecule has 2 unspecified atom stereocenters. The van der Waals surface area contributed by atoms with Crippen LogP contribution in [0.15, 0.2) is 48.5 Å². The fourth-order valence-electron chi connectivity index (χ4n) is 2.93. The highest BCUT2D eigenvalue weighted by atomic mass is 16.5. The minimum Gasteiger partial charge on any atom is -0.491 e. The molecule has 0 fully saturated rings. The summed E-state index contributed by atoms with van der Waals surface area (Å²) in [5.41, 5.74) is 2.35. The van der Waals surface area contributed by atoms with E-state index in [0.717, 1.165) is 36.6 Å². The molecule has 0 aromatic heterocycles. The Morgan fingerprint density at radius 1 is 0.893 bits per heavy atom. The summed E-state index contributed by atoms with van der Waals surface area (Å²) in [7, 11) is 0. The van der Waals surface area contributed by atoms with Crippen molar-refractivity contribution in [1.82, 2.24) is 0 Å². The average Bonchev–Trinajstić information content (AvgIpc) is 2.74. The van der Waals surface area contributed by atoms with Crippen LogP contribution in [-0.4, -0.2) is 32.5 Å². The van der Waals surface area contributed by atoms with Crippen LogP contribution in [0.4, 0.5) is 5.69 Å². The van der Waals surface area contributed by atoms with Crippen LogP contribution >= 0.6 is 0 Å². The molecule has 2 aromatic carbocycles. The maximum absolute atomic E-state index is 6.34. The Morgan fingerprint density at radius 2 is 1.64 bits per heavy atom. The molecule has 0 heterocycles. The van der Waals surface area contributed by atoms with Gasteiger partial charge in [0, 0.05) is 12.3 Å². The largest absolute Gasteiger partial charge is 0.491 e. The van der Waals surface area contributed by atoms with Gasteiger partial charge in [0.15, 0.2) is 0 Å². The van der Waals surface area contributed by atoms with Crippen LogP contribution in [0.5, 0.6) is 11.5 Å². The Hall–Kier alpha value is -2.20. The van der Waals surface area contributed by atoms with E-state index in [4.69, 9.17) is 14.2 Å². The summed E-state index contributed by atoms with van der Waals surface area (Å²) in [6.45, 7) is 11.3. The number of para-hydroxylation sites is 1. The van der Waals surface area contributed by atoms with Crippen molar-refractivity contribution in [2.75, 3.05) is 31.7 Å². The topological polar surface area (TPSA) is 39.7 Å². The van der Waals surface area contributed by atoms with Crippen molar-refractivity contribution in [2.45, 2.75) is 52.6 Å². The van der Waals surface area contributed by atoms with E-state index >= 15 is 0 Å². The first-order valence-electron chi connectivity index (χ1n) is 10.5. The van der Waals surface area contributed by atoms with Gasteiger partial charge >= 0.3 is 0 Å². The summed E-state index contributed by atoms with van der Waals surface area (Å²) < 4.78 is 17.3. The fourth-order valence-corrected chi connectivity index (χ4v) is 2.93. The Morgan fingerprint density at radius 3 is 2.32 bits per heavy atom. The predicted molar refractivity (Wildman–Crippen MR) is 117 cm³/mol. The van der Waals surface area contributed by atoms with Gasteiger partial charge in [0.05, 0.1) is 13.2 Å². The predicted octanol–water partition coefficient (Wildman–Crippen LogP) is 5.88. The van der Waals surface area contributed by atoms with E-state index < -0.39 is 0 Å². The van der Waals surface area contributed by atoms with E-state index in [0.29, 0.717) is 25.7 Å². The Bertz CT molecular complexity index is 672. The second kappa shape index (κ2) is 12.3. The molecule has 2 rings (SSSR count). The Kier molecular flexibility index (Phi) is 9.70. The van der Waals surface area contributed by atoms with E-state index in [1.807, 2.05) is 37.3 Å². The number of ether oxygens (including phenoxy) is 3. The molecule has 0 radical (unpaired) electrons. The number of benzene rings is 2. The van der Waals surface area contributed by atoms with Gasteiger partial charge in [-0.3, -0.25) is 0 Å². The minimum absolute atomic E-state index is 0.118. The normalized spacial score (nSPS) is 13.0. The Balaban J connectivity index is 1.87. The maximum Gasteiger partial charge on any atom is 0.123 e. The second-order valence-electron chi connectivity index (χ2n) is 6.95. The van der Waals surface area contributed by atoms with Crippen LogP contribution in [0.2, 0.25) is 0 Å². The molecule has 0 saturated heterocycles. The van der Waals surface area contributed by atoms with Gasteiger partial charge in [-0.2, -0.15) is 0 Å². The van der Waals surface area contributed by atoms with Gasteiger partial charge in [0.25, 0.3) is 0 Å². The van der Waals surface area contributed by atoms with E-state index in [9.17, 15) is 0 Å². The van der Waals surface area contributed by atoms with Gasteiger partial charge in [-0.25, -0.2) is 0 Å². The van der Waals surface area contributed by atoms with E-state index in [1.165, 1.54) is 5.56 Å². The number of nitrogens with one attached hydrogen (secondary N) is 1. The third-order valence-corrected chi connectivity index (χ3v) is 4.90. The highest BCUT2D eigenvalue weighted by Crippen LogP contribution is 2.29. The zero-order chi connectivity index (χ0) is 20.2. The summed E-state index contributed by atoms with van der Waals surface area (Å²) >= 11 is 0. The van der Waals surface area contributed by atoms with Gasteiger partial charge in [-0.15, -0.1) is 0 Å². The summed E-state index contributed by atoms with van der Waals surface area (Å²) in [6, 6.07) is 16.4. The van der Waals surface area contributed by atoms with Crippen molar-refractivity contribution < 1.29 is 14.2 Å². The van der Waals surface area contributed by atoms with Crippen LogP contribution in [0.25, 0.3) is 0 Å². The highest BCUT2D eigenvalue weighted by Gasteiger charge is 2.14. The summed E-state index contributed by atoms with van der Waals surface area (Å²) in [5.74, 6) is 2.36. The Labute approximate surface area is 170 Å². The highest BCUT2D eigenvalue weighted by molar-refractivity contribution is 5.46. The van der Waals surface area contributed by atoms with Gasteiger partial charge < -0.3 is 19.5 Å². The van der Waals surface area contributed by atoms with E-state index in [1.54, 1.807) is 0 Å². The molecule has 0 saturated carbocycles. The smallest absolute Gasteiger partial charge is 0.123 e. The van der Waals surface area contributed by atoms with Gasteiger partial charge in [-0.05, 0) is 61.6 Å². The molecule has 4 heteroatoms. The van der Waals surface area contributed by atoms with Crippen molar-refractivity contribution in [2.24, 2.45) is 0 Å². The first-order chi connectivity index (χ1) is 13.7. The number of hydrogen-bond acceptors (Lipinski definition) is 4. The van der Waals surface area contributed by atoms with Gasteiger partial charge in [0.1, 0.15) is 24.2 Å². The molecule has 0 spiro atoms. The van der Waals surface area contributed by atoms with Crippen molar-refractivity contribution in [3.8, 4) is 11.5 Å². The van der Waals surface area contributed by atoms with Crippen LogP contribution in [0, 0.1) is 0 Å². The lowest BCUT2D eigenvalue weighted by Crippen LogP contribution is -2.26. The minimum atomic E-state index is 0.118. The molecule has 4 nitrogen and oxygen atoms in total. The SMILES string of the molecule is CCOCCOc1ccc(NCC(CC)Oc2ccccc2C(C)CC)cc1. The summed E-state index contributed by atoms with van der Waals surface area (Å²) in [4.78, 5) is 0. The van der Waals surface area contributed by atoms with E-state index in [-0.39, 0.29) is 6.10 Å². The molecular formula is C24H35NO3. The molecule has 2 atom stereocenters. The molecule has 0 aliphatic rings. The van der Waals surface area contributed by atoms with Gasteiger partial charge in [0.2, 0.25) is 0 Å². The van der Waals surface area contributed by atoms with Crippen molar-refractivity contribution in [1.29, 1.82) is 0 Å². The molecule has 0 aliphatic heterocycles. The molecule has 0 bridgehead atoms. The van der Waals surface area contributed by atoms with Crippen LogP contribution in [0.1, 0.15) is 52.0 Å². The van der Waals surface area contributed by atoms with Gasteiger partial charge in [-0.1, -0.05) is 39.0 Å². The molecule has 28 heavy (non-hydrogen) atoms. The lowest BCUT2D eigenvalue weighted by Gasteiger charge is -2.22. The molecule has 2 aromatic rings. The van der Waals surface area contributed by atoms with Crippen LogP contribution in [-0.2, 0) is 4.74 Å². The maximum atomic E-state index is 6.34. The third kappa shape index (κ3) is 7.08. The van der Waals surface area contributed by atoms with E-state index in [2.05, 4.69) is 44.3 Å². The summed E-state index contributed by atoms with van der Waals surface area (Å²) in [6.07, 6.45) is 2.17. The molecule has 154 valence electrons. The fraction of sp³-hybridized carbons (Fsp3) is 0.500. The lowest BCUT2D eigenvalue weighted by atomic mass is 9.98. The standard InChI is InChI=1S/C24H35NO3/c1-5-19(4)23-10-8-9-11-24(23)28-21(6-2)18-25-20-12-14-22(15-13-20)27-17-16-26-7-3/h8-15,19,21,25H,5-7,16-18H2,1-4H3. The number of rotatable bonds is 13. The monoisotopic (exact) mass is 385 g/mol. The quantitative estimate of drug-likeness (QED) is 0.437. The zero-order valence-electron chi connectivity index (χ0n) is 17.7. The number of anilines is 1. The lowest BCUT2D eigenvalue weighted by molar-refractivity contribution is 0.110. The second-order valence-corrected chi connectivity index (χ2v) is 6.95. The first-order valence-corrected chi connectivity index (χ1v) is 10.5. The van der Waals surface area contributed by atoms with Crippen molar-refractivity contribution in [3.63, 3.8) is 0 Å². The first kappa shape index (κ1) is 22.1. The molecule has 1 N–H and O–H groups in total. The zero-order valence-corrected chi connectivity index (χ0v) is 17.7. The third-order valence-electron chi connectivity index (χ3n) is 4.90. The van der Waals surface area contributed by atoms with Crippen LogP contribution in [0.3, 0.4) is 0 Å². The molecular weight excluding hydrogens is 350 g/mol. The summed E-state index contributed by atoms with van der Waals surface area (Å²) in [5, 5.41) is 3.48. The van der Waals surface area contributed by atoms with Crippen LogP contribution < -0.4 is 14.8 Å². The van der Waals surface area contributed by atoms with Crippen molar-refractivity contribution in [3.05, 3.63) is 54.1 Å². The molecule has 0 amide bonds. The molecule has 0 aliphatic carbocycles. The average molecular weight is 386 g/mol. The number of hydrogen-bond donors (Lipinski definition) is 1. The van der Waals surface area contributed by atoms with Crippen molar-refractivity contribution >= 4 is 5.69 Å².